The minimum absolute atomic E-state index is 0.0596. The van der Waals surface area contributed by atoms with Crippen LogP contribution in [0.25, 0.3) is 0 Å². The van der Waals surface area contributed by atoms with Crippen molar-refractivity contribution in [1.29, 1.82) is 0 Å². The van der Waals surface area contributed by atoms with Crippen molar-refractivity contribution in [3.63, 3.8) is 0 Å². The SMILES string of the molecule is CC(=O)N1CCN(c2cc(Cl)nc(SCC(=O)NCCN(C)C)n2)C[C@H]1C. The highest BCUT2D eigenvalue weighted by Crippen LogP contribution is 2.24. The van der Waals surface area contributed by atoms with Crippen LogP contribution in [0.4, 0.5) is 5.82 Å². The Kier molecular flexibility index (Phi) is 8.12. The first-order chi connectivity index (χ1) is 12.8. The lowest BCUT2D eigenvalue weighted by Gasteiger charge is -2.40. The van der Waals surface area contributed by atoms with Crippen LogP contribution in [0.1, 0.15) is 13.8 Å². The average molecular weight is 415 g/mol. The standard InChI is InChI=1S/C17H27ClN6O2S/c1-12-10-23(7-8-24(12)13(2)25)15-9-14(18)20-17(21-15)27-11-16(26)19-5-6-22(3)4/h9,12H,5-8,10-11H2,1-4H3,(H,19,26)/t12-/m1/s1. The number of aromatic nitrogens is 2. The number of carbonyl (C=O) groups excluding carboxylic acids is 2. The molecule has 1 aliphatic rings. The largest absolute Gasteiger partial charge is 0.354 e. The first-order valence-electron chi connectivity index (χ1n) is 8.87. The minimum atomic E-state index is -0.0596. The van der Waals surface area contributed by atoms with Gasteiger partial charge in [0.1, 0.15) is 11.0 Å². The summed E-state index contributed by atoms with van der Waals surface area (Å²) in [5.41, 5.74) is 0. The lowest BCUT2D eigenvalue weighted by Crippen LogP contribution is -2.53. The van der Waals surface area contributed by atoms with Gasteiger partial charge in [0.15, 0.2) is 5.16 Å². The van der Waals surface area contributed by atoms with E-state index in [4.69, 9.17) is 11.6 Å². The molecule has 10 heteroatoms. The van der Waals surface area contributed by atoms with Gasteiger partial charge in [-0.25, -0.2) is 9.97 Å². The molecule has 1 aromatic rings. The first kappa shape index (κ1) is 21.7. The van der Waals surface area contributed by atoms with Crippen molar-refractivity contribution in [2.45, 2.75) is 25.0 Å². The number of halogens is 1. The van der Waals surface area contributed by atoms with Crippen molar-refractivity contribution < 1.29 is 9.59 Å². The molecule has 1 fully saturated rings. The quantitative estimate of drug-likeness (QED) is 0.404. The van der Waals surface area contributed by atoms with Crippen molar-refractivity contribution in [2.75, 3.05) is 57.5 Å². The zero-order chi connectivity index (χ0) is 20.0. The Bertz CT molecular complexity index is 675. The van der Waals surface area contributed by atoms with Gasteiger partial charge in [-0.05, 0) is 21.0 Å². The molecule has 0 radical (unpaired) electrons. The topological polar surface area (TPSA) is 81.7 Å². The van der Waals surface area contributed by atoms with E-state index in [9.17, 15) is 9.59 Å². The predicted molar refractivity (Wildman–Crippen MR) is 108 cm³/mol. The highest BCUT2D eigenvalue weighted by atomic mass is 35.5. The number of piperazine rings is 1. The fourth-order valence-electron chi connectivity index (χ4n) is 2.85. The zero-order valence-corrected chi connectivity index (χ0v) is 17.8. The van der Waals surface area contributed by atoms with E-state index < -0.39 is 0 Å². The smallest absolute Gasteiger partial charge is 0.230 e. The lowest BCUT2D eigenvalue weighted by molar-refractivity contribution is -0.131. The molecule has 150 valence electrons. The molecular weight excluding hydrogens is 388 g/mol. The van der Waals surface area contributed by atoms with Crippen molar-refractivity contribution in [1.82, 2.24) is 25.1 Å². The zero-order valence-electron chi connectivity index (χ0n) is 16.2. The van der Waals surface area contributed by atoms with Gasteiger partial charge in [0.25, 0.3) is 0 Å². The number of rotatable bonds is 7. The van der Waals surface area contributed by atoms with Crippen LogP contribution >= 0.6 is 23.4 Å². The molecular formula is C17H27ClN6O2S. The summed E-state index contributed by atoms with van der Waals surface area (Å²) in [5.74, 6) is 0.984. The number of amides is 2. The summed E-state index contributed by atoms with van der Waals surface area (Å²) in [6, 6.07) is 1.82. The maximum Gasteiger partial charge on any atom is 0.230 e. The Hall–Kier alpha value is -1.58. The number of anilines is 1. The maximum absolute atomic E-state index is 11.9. The summed E-state index contributed by atoms with van der Waals surface area (Å²) in [6.45, 7) is 7.02. The van der Waals surface area contributed by atoms with Gasteiger partial charge in [0, 0.05) is 51.8 Å². The van der Waals surface area contributed by atoms with E-state index in [2.05, 4.69) is 20.2 Å². The molecule has 0 aromatic carbocycles. The Morgan fingerprint density at radius 2 is 2.11 bits per heavy atom. The van der Waals surface area contributed by atoms with Crippen LogP contribution in [0, 0.1) is 0 Å². The van der Waals surface area contributed by atoms with E-state index in [1.54, 1.807) is 13.0 Å². The van der Waals surface area contributed by atoms with Gasteiger partial charge in [-0.1, -0.05) is 23.4 Å². The highest BCUT2D eigenvalue weighted by molar-refractivity contribution is 7.99. The Labute approximate surface area is 169 Å². The molecule has 1 aliphatic heterocycles. The van der Waals surface area contributed by atoms with Gasteiger partial charge in [0.05, 0.1) is 5.75 Å². The van der Waals surface area contributed by atoms with E-state index in [0.29, 0.717) is 36.5 Å². The van der Waals surface area contributed by atoms with Gasteiger partial charge in [0.2, 0.25) is 11.8 Å². The Morgan fingerprint density at radius 1 is 1.37 bits per heavy atom. The molecule has 0 saturated carbocycles. The summed E-state index contributed by atoms with van der Waals surface area (Å²) in [7, 11) is 3.92. The molecule has 2 heterocycles. The van der Waals surface area contributed by atoms with Gasteiger partial charge >= 0.3 is 0 Å². The number of hydrogen-bond donors (Lipinski definition) is 1. The summed E-state index contributed by atoms with van der Waals surface area (Å²) >= 11 is 7.42. The third kappa shape index (κ3) is 6.82. The fourth-order valence-corrected chi connectivity index (χ4v) is 3.76. The monoisotopic (exact) mass is 414 g/mol. The number of likely N-dealkylation sites (N-methyl/N-ethyl adjacent to an activating group) is 1. The predicted octanol–water partition coefficient (Wildman–Crippen LogP) is 0.957. The van der Waals surface area contributed by atoms with Gasteiger partial charge in [-0.15, -0.1) is 0 Å². The van der Waals surface area contributed by atoms with Crippen molar-refractivity contribution in [2.24, 2.45) is 0 Å². The number of carbonyl (C=O) groups is 2. The summed E-state index contributed by atoms with van der Waals surface area (Å²) in [4.78, 5) is 38.3. The summed E-state index contributed by atoms with van der Waals surface area (Å²) in [6.07, 6.45) is 0. The molecule has 1 aromatic heterocycles. The molecule has 0 unspecified atom stereocenters. The maximum atomic E-state index is 11.9. The molecule has 1 N–H and O–H groups in total. The number of nitrogens with zero attached hydrogens (tertiary/aromatic N) is 5. The molecule has 27 heavy (non-hydrogen) atoms. The van der Waals surface area contributed by atoms with E-state index in [1.165, 1.54) is 11.8 Å². The Balaban J connectivity index is 1.94. The van der Waals surface area contributed by atoms with Crippen LogP contribution in [0.5, 0.6) is 0 Å². The second-order valence-corrected chi connectivity index (χ2v) is 8.11. The summed E-state index contributed by atoms with van der Waals surface area (Å²) in [5, 5.41) is 3.68. The molecule has 0 aliphatic carbocycles. The van der Waals surface area contributed by atoms with E-state index in [1.807, 2.05) is 30.8 Å². The average Bonchev–Trinajstić information content (AvgIpc) is 2.58. The molecule has 0 bridgehead atoms. The first-order valence-corrected chi connectivity index (χ1v) is 10.2. The minimum Gasteiger partial charge on any atom is -0.354 e. The summed E-state index contributed by atoms with van der Waals surface area (Å²) < 4.78 is 0. The number of thioether (sulfide) groups is 1. The second kappa shape index (κ2) is 10.1. The number of hydrogen-bond acceptors (Lipinski definition) is 7. The molecule has 2 amide bonds. The van der Waals surface area contributed by atoms with Crippen LogP contribution in [-0.4, -0.2) is 90.2 Å². The van der Waals surface area contributed by atoms with Crippen molar-refractivity contribution in [3.05, 3.63) is 11.2 Å². The fraction of sp³-hybridized carbons (Fsp3) is 0.647. The Morgan fingerprint density at radius 3 is 2.74 bits per heavy atom. The van der Waals surface area contributed by atoms with Crippen LogP contribution in [0.3, 0.4) is 0 Å². The van der Waals surface area contributed by atoms with Crippen LogP contribution in [0.2, 0.25) is 5.15 Å². The normalized spacial score (nSPS) is 17.3. The van der Waals surface area contributed by atoms with Crippen LogP contribution in [-0.2, 0) is 9.59 Å². The third-order valence-electron chi connectivity index (χ3n) is 4.23. The molecule has 1 atom stereocenters. The molecule has 2 rings (SSSR count). The second-order valence-electron chi connectivity index (χ2n) is 6.78. The number of nitrogens with one attached hydrogen (secondary N) is 1. The van der Waals surface area contributed by atoms with E-state index in [0.717, 1.165) is 12.4 Å². The van der Waals surface area contributed by atoms with Crippen LogP contribution in [0.15, 0.2) is 11.2 Å². The van der Waals surface area contributed by atoms with Gasteiger partial charge < -0.3 is 20.0 Å². The highest BCUT2D eigenvalue weighted by Gasteiger charge is 2.26. The lowest BCUT2D eigenvalue weighted by atomic mass is 10.2. The van der Waals surface area contributed by atoms with Crippen LogP contribution < -0.4 is 10.2 Å². The van der Waals surface area contributed by atoms with Crippen molar-refractivity contribution >= 4 is 41.0 Å². The van der Waals surface area contributed by atoms with E-state index >= 15 is 0 Å². The third-order valence-corrected chi connectivity index (χ3v) is 5.27. The molecule has 8 nitrogen and oxygen atoms in total. The molecule has 1 saturated heterocycles. The van der Waals surface area contributed by atoms with E-state index in [-0.39, 0.29) is 23.6 Å². The van der Waals surface area contributed by atoms with Gasteiger partial charge in [-0.2, -0.15) is 0 Å². The van der Waals surface area contributed by atoms with Crippen molar-refractivity contribution in [3.8, 4) is 0 Å². The van der Waals surface area contributed by atoms with Gasteiger partial charge in [-0.3, -0.25) is 9.59 Å². The molecule has 0 spiro atoms.